The number of hydrogen-bond donors (Lipinski definition) is 1. The second-order valence-electron chi connectivity index (χ2n) is 4.94. The number of hydrogen-bond acceptors (Lipinski definition) is 5. The second-order valence-corrected chi connectivity index (χ2v) is 4.94. The van der Waals surface area contributed by atoms with E-state index in [1.807, 2.05) is 36.4 Å². The zero-order valence-corrected chi connectivity index (χ0v) is 13.2. The van der Waals surface area contributed by atoms with Gasteiger partial charge in [0, 0.05) is 0 Å². The van der Waals surface area contributed by atoms with Gasteiger partial charge in [-0.15, -0.1) is 0 Å². The van der Waals surface area contributed by atoms with Crippen LogP contribution >= 0.6 is 0 Å². The Morgan fingerprint density at radius 3 is 2.13 bits per heavy atom. The van der Waals surface area contributed by atoms with Gasteiger partial charge in [0.2, 0.25) is 0 Å². The van der Waals surface area contributed by atoms with E-state index < -0.39 is 0 Å². The molecule has 2 N–H and O–H groups in total. The molecule has 0 radical (unpaired) electrons. The van der Waals surface area contributed by atoms with Crippen molar-refractivity contribution >= 4 is 5.97 Å². The molecule has 122 valence electrons. The lowest BCUT2D eigenvalue weighted by molar-refractivity contribution is 0.0600. The maximum absolute atomic E-state index is 11.4. The Morgan fingerprint density at radius 2 is 1.57 bits per heavy atom. The summed E-state index contributed by atoms with van der Waals surface area (Å²) in [5.41, 5.74) is 6.92. The van der Waals surface area contributed by atoms with Crippen LogP contribution in [0.4, 0.5) is 0 Å². The molecule has 0 amide bonds. The first-order valence-corrected chi connectivity index (χ1v) is 7.46. The molecule has 0 heterocycles. The van der Waals surface area contributed by atoms with Crippen LogP contribution < -0.4 is 15.2 Å². The lowest BCUT2D eigenvalue weighted by atomic mass is 10.1. The van der Waals surface area contributed by atoms with Gasteiger partial charge in [0.15, 0.2) is 0 Å². The quantitative estimate of drug-likeness (QED) is 0.599. The maximum Gasteiger partial charge on any atom is 0.337 e. The van der Waals surface area contributed by atoms with Gasteiger partial charge in [-0.2, -0.15) is 0 Å². The zero-order valence-electron chi connectivity index (χ0n) is 13.2. The average molecular weight is 315 g/mol. The third-order valence-corrected chi connectivity index (χ3v) is 3.22. The van der Waals surface area contributed by atoms with Crippen LogP contribution in [0.3, 0.4) is 0 Å². The van der Waals surface area contributed by atoms with Crippen molar-refractivity contribution in [3.8, 4) is 11.5 Å². The fourth-order valence-electron chi connectivity index (χ4n) is 1.93. The Hall–Kier alpha value is -2.53. The van der Waals surface area contributed by atoms with Crippen molar-refractivity contribution in [2.45, 2.75) is 13.0 Å². The lowest BCUT2D eigenvalue weighted by Gasteiger charge is -2.09. The lowest BCUT2D eigenvalue weighted by Crippen LogP contribution is -2.06. The number of nitrogens with two attached hydrogens (primary N) is 1. The van der Waals surface area contributed by atoms with Crippen molar-refractivity contribution in [3.05, 3.63) is 59.7 Å². The third kappa shape index (κ3) is 5.30. The predicted octanol–water partition coefficient (Wildman–Crippen LogP) is 2.78. The molecule has 5 heteroatoms. The summed E-state index contributed by atoms with van der Waals surface area (Å²) in [6.07, 6.45) is 0.833. The van der Waals surface area contributed by atoms with E-state index in [0.29, 0.717) is 25.3 Å². The Bertz CT molecular complexity index is 608. The maximum atomic E-state index is 11.4. The van der Waals surface area contributed by atoms with Crippen LogP contribution in [0.2, 0.25) is 0 Å². The van der Waals surface area contributed by atoms with E-state index in [9.17, 15) is 4.79 Å². The van der Waals surface area contributed by atoms with Gasteiger partial charge in [0.25, 0.3) is 0 Å². The molecule has 0 atom stereocenters. The minimum atomic E-state index is -0.345. The summed E-state index contributed by atoms with van der Waals surface area (Å²) in [6.45, 7) is 1.66. The molecule has 23 heavy (non-hydrogen) atoms. The van der Waals surface area contributed by atoms with Crippen LogP contribution in [-0.4, -0.2) is 26.2 Å². The molecule has 0 aliphatic heterocycles. The van der Waals surface area contributed by atoms with Crippen molar-refractivity contribution in [1.82, 2.24) is 0 Å². The molecule has 0 unspecified atom stereocenters. The number of ether oxygens (including phenoxy) is 3. The van der Waals surface area contributed by atoms with E-state index in [1.165, 1.54) is 7.11 Å². The summed E-state index contributed by atoms with van der Waals surface area (Å²) in [7, 11) is 1.36. The van der Waals surface area contributed by atoms with Crippen molar-refractivity contribution in [2.75, 3.05) is 20.3 Å². The molecular formula is C18H21NO4. The van der Waals surface area contributed by atoms with Crippen molar-refractivity contribution in [2.24, 2.45) is 5.73 Å². The molecule has 0 bridgehead atoms. The van der Waals surface area contributed by atoms with Crippen LogP contribution in [0.15, 0.2) is 48.5 Å². The molecule has 0 spiro atoms. The summed E-state index contributed by atoms with van der Waals surface area (Å²) >= 11 is 0. The van der Waals surface area contributed by atoms with Gasteiger partial charge >= 0.3 is 5.97 Å². The predicted molar refractivity (Wildman–Crippen MR) is 87.7 cm³/mol. The van der Waals surface area contributed by atoms with E-state index in [1.54, 1.807) is 12.1 Å². The topological polar surface area (TPSA) is 70.8 Å². The molecule has 0 fully saturated rings. The van der Waals surface area contributed by atoms with Gasteiger partial charge < -0.3 is 19.9 Å². The van der Waals surface area contributed by atoms with Gasteiger partial charge in [-0.05, 0) is 54.9 Å². The SMILES string of the molecule is COC(=O)c1ccc(COc2ccc(OCCCN)cc2)cc1. The minimum absolute atomic E-state index is 0.345. The fourth-order valence-corrected chi connectivity index (χ4v) is 1.93. The Labute approximate surface area is 136 Å². The molecule has 2 rings (SSSR count). The van der Waals surface area contributed by atoms with Crippen molar-refractivity contribution in [3.63, 3.8) is 0 Å². The Kier molecular flexibility index (Phi) is 6.44. The summed E-state index contributed by atoms with van der Waals surface area (Å²) in [6, 6.07) is 14.6. The van der Waals surface area contributed by atoms with Crippen LogP contribution in [-0.2, 0) is 11.3 Å². The van der Waals surface area contributed by atoms with Gasteiger partial charge in [-0.25, -0.2) is 4.79 Å². The van der Waals surface area contributed by atoms with Crippen LogP contribution in [0.5, 0.6) is 11.5 Å². The number of carbonyl (C=O) groups is 1. The highest BCUT2D eigenvalue weighted by Crippen LogP contribution is 2.19. The highest BCUT2D eigenvalue weighted by Gasteiger charge is 2.04. The molecular weight excluding hydrogens is 294 g/mol. The number of carbonyl (C=O) groups excluding carboxylic acids is 1. The first-order chi connectivity index (χ1) is 11.2. The van der Waals surface area contributed by atoms with Crippen LogP contribution in [0, 0.1) is 0 Å². The highest BCUT2D eigenvalue weighted by atomic mass is 16.5. The summed E-state index contributed by atoms with van der Waals surface area (Å²) in [5.74, 6) is 1.21. The van der Waals surface area contributed by atoms with Crippen LogP contribution in [0.25, 0.3) is 0 Å². The molecule has 0 saturated heterocycles. The monoisotopic (exact) mass is 315 g/mol. The highest BCUT2D eigenvalue weighted by molar-refractivity contribution is 5.89. The molecule has 0 aliphatic carbocycles. The summed E-state index contributed by atoms with van der Waals surface area (Å²) < 4.78 is 15.9. The number of rotatable bonds is 8. The van der Waals surface area contributed by atoms with Gasteiger partial charge in [0.05, 0.1) is 19.3 Å². The van der Waals surface area contributed by atoms with E-state index in [2.05, 4.69) is 4.74 Å². The fraction of sp³-hybridized carbons (Fsp3) is 0.278. The van der Waals surface area contributed by atoms with E-state index >= 15 is 0 Å². The summed E-state index contributed by atoms with van der Waals surface area (Å²) in [5, 5.41) is 0. The first kappa shape index (κ1) is 16.8. The molecule has 0 aromatic heterocycles. The van der Waals surface area contributed by atoms with E-state index in [-0.39, 0.29) is 5.97 Å². The minimum Gasteiger partial charge on any atom is -0.494 e. The third-order valence-electron chi connectivity index (χ3n) is 3.22. The second kappa shape index (κ2) is 8.80. The van der Waals surface area contributed by atoms with Gasteiger partial charge in [-0.3, -0.25) is 0 Å². The van der Waals surface area contributed by atoms with Gasteiger partial charge in [0.1, 0.15) is 18.1 Å². The normalized spacial score (nSPS) is 10.2. The summed E-state index contributed by atoms with van der Waals surface area (Å²) in [4.78, 5) is 11.4. The Morgan fingerprint density at radius 1 is 0.957 bits per heavy atom. The van der Waals surface area contributed by atoms with Crippen LogP contribution in [0.1, 0.15) is 22.3 Å². The molecule has 2 aromatic rings. The largest absolute Gasteiger partial charge is 0.494 e. The first-order valence-electron chi connectivity index (χ1n) is 7.46. The zero-order chi connectivity index (χ0) is 16.5. The van der Waals surface area contributed by atoms with Crippen molar-refractivity contribution in [1.29, 1.82) is 0 Å². The van der Waals surface area contributed by atoms with Gasteiger partial charge in [-0.1, -0.05) is 12.1 Å². The van der Waals surface area contributed by atoms with Crippen molar-refractivity contribution < 1.29 is 19.0 Å². The molecule has 0 saturated carbocycles. The smallest absolute Gasteiger partial charge is 0.337 e. The average Bonchev–Trinajstić information content (AvgIpc) is 2.61. The number of benzene rings is 2. The van der Waals surface area contributed by atoms with E-state index in [0.717, 1.165) is 23.5 Å². The van der Waals surface area contributed by atoms with E-state index in [4.69, 9.17) is 15.2 Å². The molecule has 2 aromatic carbocycles. The molecule has 5 nitrogen and oxygen atoms in total. The number of esters is 1. The number of methoxy groups -OCH3 is 1. The standard InChI is InChI=1S/C18H21NO4/c1-21-18(20)15-5-3-14(4-6-15)13-23-17-9-7-16(8-10-17)22-12-2-11-19/h3-10H,2,11-13,19H2,1H3. The molecule has 0 aliphatic rings. The Balaban J connectivity index is 1.84.